The lowest BCUT2D eigenvalue weighted by molar-refractivity contribution is 0.0288. The number of aliphatic hydroxyl groups is 1. The lowest BCUT2D eigenvalue weighted by Crippen LogP contribution is -2.24. The fraction of sp³-hybridized carbons (Fsp3) is 1.00. The Bertz CT molecular complexity index is 68.6. The molecule has 1 unspecified atom stereocenters. The van der Waals surface area contributed by atoms with Crippen molar-refractivity contribution < 1.29 is 9.84 Å². The first-order chi connectivity index (χ1) is 4.85. The van der Waals surface area contributed by atoms with E-state index in [0.29, 0.717) is 13.2 Å². The highest BCUT2D eigenvalue weighted by atomic mass is 16.5. The van der Waals surface area contributed by atoms with Crippen LogP contribution in [0.4, 0.5) is 0 Å². The van der Waals surface area contributed by atoms with Crippen molar-refractivity contribution in [3.63, 3.8) is 0 Å². The summed E-state index contributed by atoms with van der Waals surface area (Å²) in [6.07, 6.45) is 2.20. The van der Waals surface area contributed by atoms with E-state index in [1.165, 1.54) is 0 Å². The van der Waals surface area contributed by atoms with Gasteiger partial charge in [0.2, 0.25) is 0 Å². The van der Waals surface area contributed by atoms with E-state index in [4.69, 9.17) is 15.6 Å². The second-order valence-corrected chi connectivity index (χ2v) is 2.24. The van der Waals surface area contributed by atoms with Crippen LogP contribution >= 0.6 is 0 Å². The third kappa shape index (κ3) is 4.73. The first-order valence-electron chi connectivity index (χ1n) is 3.77. The maximum Gasteiger partial charge on any atom is 0.0702 e. The lowest BCUT2D eigenvalue weighted by Gasteiger charge is -2.13. The molecule has 0 aliphatic heterocycles. The van der Waals surface area contributed by atoms with E-state index < -0.39 is 0 Å². The molecular formula is C7H17NO2. The zero-order valence-electron chi connectivity index (χ0n) is 6.55. The highest BCUT2D eigenvalue weighted by Crippen LogP contribution is 1.98. The van der Waals surface area contributed by atoms with E-state index in [1.807, 2.05) is 0 Å². The van der Waals surface area contributed by atoms with Crippen LogP contribution in [0.1, 0.15) is 19.8 Å². The van der Waals surface area contributed by atoms with Gasteiger partial charge in [-0.2, -0.15) is 0 Å². The van der Waals surface area contributed by atoms with Gasteiger partial charge < -0.3 is 15.6 Å². The highest BCUT2D eigenvalue weighted by Gasteiger charge is 2.03. The minimum absolute atomic E-state index is 0.0835. The molecule has 0 saturated carbocycles. The second-order valence-electron chi connectivity index (χ2n) is 2.24. The molecule has 10 heavy (non-hydrogen) atoms. The summed E-state index contributed by atoms with van der Waals surface area (Å²) in [4.78, 5) is 0. The first-order valence-corrected chi connectivity index (χ1v) is 3.77. The summed E-state index contributed by atoms with van der Waals surface area (Å²) in [6.45, 7) is 3.13. The van der Waals surface area contributed by atoms with Crippen molar-refractivity contribution in [1.29, 1.82) is 0 Å². The Balaban J connectivity index is 3.21. The second kappa shape index (κ2) is 6.99. The topological polar surface area (TPSA) is 55.5 Å². The average molecular weight is 147 g/mol. The fourth-order valence-electron chi connectivity index (χ4n) is 0.811. The number of hydrogen-bond donors (Lipinski definition) is 2. The maximum absolute atomic E-state index is 8.41. The SMILES string of the molecule is CCCC(CN)OCCO. The summed E-state index contributed by atoms with van der Waals surface area (Å²) in [5, 5.41) is 8.41. The Morgan fingerprint density at radius 1 is 1.60 bits per heavy atom. The van der Waals surface area contributed by atoms with E-state index in [-0.39, 0.29) is 12.7 Å². The van der Waals surface area contributed by atoms with E-state index in [1.54, 1.807) is 0 Å². The predicted octanol–water partition coefficient (Wildman–Crippen LogP) is 0.123. The van der Waals surface area contributed by atoms with E-state index >= 15 is 0 Å². The molecule has 0 radical (unpaired) electrons. The third-order valence-electron chi connectivity index (χ3n) is 1.32. The van der Waals surface area contributed by atoms with Crippen molar-refractivity contribution in [3.05, 3.63) is 0 Å². The molecule has 0 aromatic rings. The molecule has 3 N–H and O–H groups in total. The minimum atomic E-state index is 0.0835. The molecule has 3 nitrogen and oxygen atoms in total. The maximum atomic E-state index is 8.41. The molecule has 3 heteroatoms. The van der Waals surface area contributed by atoms with Gasteiger partial charge >= 0.3 is 0 Å². The molecule has 0 aromatic heterocycles. The van der Waals surface area contributed by atoms with E-state index in [9.17, 15) is 0 Å². The summed E-state index contributed by atoms with van der Waals surface area (Å²) >= 11 is 0. The quantitative estimate of drug-likeness (QED) is 0.561. The standard InChI is InChI=1S/C7H17NO2/c1-2-3-7(6-8)10-5-4-9/h7,9H,2-6,8H2,1H3. The molecule has 0 aromatic carbocycles. The third-order valence-corrected chi connectivity index (χ3v) is 1.32. The van der Waals surface area contributed by atoms with Crippen molar-refractivity contribution in [2.45, 2.75) is 25.9 Å². The van der Waals surface area contributed by atoms with E-state index in [2.05, 4.69) is 6.92 Å². The van der Waals surface area contributed by atoms with Crippen LogP contribution in [0.25, 0.3) is 0 Å². The van der Waals surface area contributed by atoms with Gasteiger partial charge in [0.05, 0.1) is 19.3 Å². The number of rotatable bonds is 6. The lowest BCUT2D eigenvalue weighted by atomic mass is 10.2. The zero-order chi connectivity index (χ0) is 7.82. The summed E-state index contributed by atoms with van der Waals surface area (Å²) < 4.78 is 5.21. The molecule has 0 aliphatic carbocycles. The van der Waals surface area contributed by atoms with Crippen molar-refractivity contribution in [3.8, 4) is 0 Å². The molecule has 0 aliphatic rings. The van der Waals surface area contributed by atoms with Crippen molar-refractivity contribution in [2.24, 2.45) is 5.73 Å². The van der Waals surface area contributed by atoms with Gasteiger partial charge in [0.25, 0.3) is 0 Å². The fourth-order valence-corrected chi connectivity index (χ4v) is 0.811. The number of nitrogens with two attached hydrogens (primary N) is 1. The number of ether oxygens (including phenoxy) is 1. The zero-order valence-corrected chi connectivity index (χ0v) is 6.55. The van der Waals surface area contributed by atoms with Gasteiger partial charge in [-0.25, -0.2) is 0 Å². The Kier molecular flexibility index (Phi) is 6.91. The smallest absolute Gasteiger partial charge is 0.0702 e. The van der Waals surface area contributed by atoms with E-state index in [0.717, 1.165) is 12.8 Å². The molecular weight excluding hydrogens is 130 g/mol. The molecule has 0 heterocycles. The number of hydrogen-bond acceptors (Lipinski definition) is 3. The molecule has 0 rings (SSSR count). The normalized spacial score (nSPS) is 13.5. The van der Waals surface area contributed by atoms with Crippen LogP contribution < -0.4 is 5.73 Å². The highest BCUT2D eigenvalue weighted by molar-refractivity contribution is 4.56. The van der Waals surface area contributed by atoms with Gasteiger partial charge in [-0.3, -0.25) is 0 Å². The molecule has 62 valence electrons. The minimum Gasteiger partial charge on any atom is -0.394 e. The van der Waals surface area contributed by atoms with Crippen LogP contribution in [-0.4, -0.2) is 31.0 Å². The first kappa shape index (κ1) is 9.88. The summed E-state index contributed by atoms with van der Waals surface area (Å²) in [5.74, 6) is 0. The van der Waals surface area contributed by atoms with Crippen LogP contribution in [0.5, 0.6) is 0 Å². The van der Waals surface area contributed by atoms with Crippen LogP contribution in [0.15, 0.2) is 0 Å². The Morgan fingerprint density at radius 2 is 2.30 bits per heavy atom. The van der Waals surface area contributed by atoms with Crippen LogP contribution in [0, 0.1) is 0 Å². The summed E-state index contributed by atoms with van der Waals surface area (Å²) in [7, 11) is 0. The average Bonchev–Trinajstić information content (AvgIpc) is 1.98. The molecule has 0 spiro atoms. The van der Waals surface area contributed by atoms with Gasteiger partial charge in [-0.1, -0.05) is 13.3 Å². The van der Waals surface area contributed by atoms with Gasteiger partial charge in [0.15, 0.2) is 0 Å². The van der Waals surface area contributed by atoms with Gasteiger partial charge in [0, 0.05) is 6.54 Å². The van der Waals surface area contributed by atoms with Crippen LogP contribution in [0.3, 0.4) is 0 Å². The van der Waals surface area contributed by atoms with Crippen molar-refractivity contribution in [2.75, 3.05) is 19.8 Å². The molecule has 0 fully saturated rings. The van der Waals surface area contributed by atoms with Gasteiger partial charge in [-0.05, 0) is 6.42 Å². The van der Waals surface area contributed by atoms with Crippen molar-refractivity contribution >= 4 is 0 Å². The number of aliphatic hydroxyl groups excluding tert-OH is 1. The van der Waals surface area contributed by atoms with Crippen LogP contribution in [0.2, 0.25) is 0 Å². The Labute approximate surface area is 62.2 Å². The molecule has 0 saturated heterocycles. The Morgan fingerprint density at radius 3 is 2.70 bits per heavy atom. The van der Waals surface area contributed by atoms with Gasteiger partial charge in [0.1, 0.15) is 0 Å². The molecule has 0 amide bonds. The van der Waals surface area contributed by atoms with Gasteiger partial charge in [-0.15, -0.1) is 0 Å². The Hall–Kier alpha value is -0.120. The summed E-state index contributed by atoms with van der Waals surface area (Å²) in [6, 6.07) is 0. The van der Waals surface area contributed by atoms with Crippen molar-refractivity contribution in [1.82, 2.24) is 0 Å². The monoisotopic (exact) mass is 147 g/mol. The molecule has 1 atom stereocenters. The largest absolute Gasteiger partial charge is 0.394 e. The molecule has 0 bridgehead atoms. The summed E-state index contributed by atoms with van der Waals surface area (Å²) in [5.41, 5.74) is 5.39. The predicted molar refractivity (Wildman–Crippen MR) is 40.8 cm³/mol. The van der Waals surface area contributed by atoms with Crippen LogP contribution in [-0.2, 0) is 4.74 Å².